The number of rotatable bonds is 2. The third-order valence-electron chi connectivity index (χ3n) is 3.96. The number of hydrogen-bond donors (Lipinski definition) is 1. The van der Waals surface area contributed by atoms with E-state index < -0.39 is 11.4 Å². The average molecular weight is 283 g/mol. The van der Waals surface area contributed by atoms with Gasteiger partial charge in [0.2, 0.25) is 0 Å². The Kier molecular flexibility index (Phi) is 3.05. The largest absolute Gasteiger partial charge is 0.490 e. The summed E-state index contributed by atoms with van der Waals surface area (Å²) in [5.41, 5.74) is -0.317. The molecule has 1 aliphatic heterocycles. The van der Waals surface area contributed by atoms with Crippen molar-refractivity contribution < 1.29 is 19.4 Å². The summed E-state index contributed by atoms with van der Waals surface area (Å²) in [5.74, 6) is 0.290. The molecule has 1 N–H and O–H groups in total. The zero-order valence-corrected chi connectivity index (χ0v) is 11.2. The molecule has 2 aliphatic rings. The number of carboxylic acids is 1. The molecule has 0 amide bonds. The molecule has 0 aromatic heterocycles. The van der Waals surface area contributed by atoms with Crippen LogP contribution in [0.3, 0.4) is 0 Å². The second-order valence-corrected chi connectivity index (χ2v) is 5.45. The summed E-state index contributed by atoms with van der Waals surface area (Å²) in [4.78, 5) is 11.7. The van der Waals surface area contributed by atoms with Gasteiger partial charge >= 0.3 is 5.97 Å². The number of hydrogen-bond acceptors (Lipinski definition) is 3. The van der Waals surface area contributed by atoms with Crippen molar-refractivity contribution in [3.8, 4) is 11.5 Å². The van der Waals surface area contributed by atoms with Crippen LogP contribution in [0.15, 0.2) is 12.1 Å². The Morgan fingerprint density at radius 1 is 1.21 bits per heavy atom. The first-order valence-corrected chi connectivity index (χ1v) is 6.85. The van der Waals surface area contributed by atoms with Crippen molar-refractivity contribution >= 4 is 17.6 Å². The molecule has 5 heteroatoms. The molecule has 0 bridgehead atoms. The lowest BCUT2D eigenvalue weighted by molar-refractivity contribution is -0.147. The molecule has 0 unspecified atom stereocenters. The van der Waals surface area contributed by atoms with Gasteiger partial charge in [0.15, 0.2) is 11.5 Å². The molecule has 1 aromatic rings. The lowest BCUT2D eigenvalue weighted by Crippen LogP contribution is -2.42. The maximum absolute atomic E-state index is 11.7. The smallest absolute Gasteiger partial charge is 0.314 e. The van der Waals surface area contributed by atoms with E-state index in [0.29, 0.717) is 48.1 Å². The van der Waals surface area contributed by atoms with Crippen LogP contribution >= 0.6 is 11.6 Å². The van der Waals surface area contributed by atoms with Crippen LogP contribution < -0.4 is 9.47 Å². The molecule has 102 valence electrons. The van der Waals surface area contributed by atoms with Crippen molar-refractivity contribution in [2.24, 2.45) is 0 Å². The van der Waals surface area contributed by atoms with Crippen LogP contribution in [0, 0.1) is 0 Å². The van der Waals surface area contributed by atoms with Crippen LogP contribution in [0.1, 0.15) is 31.2 Å². The lowest BCUT2D eigenvalue weighted by Gasteiger charge is -2.39. The second kappa shape index (κ2) is 4.60. The fraction of sp³-hybridized carbons (Fsp3) is 0.500. The predicted octanol–water partition coefficient (Wildman–Crippen LogP) is 3.01. The van der Waals surface area contributed by atoms with E-state index in [1.807, 2.05) is 0 Å². The van der Waals surface area contributed by atoms with Crippen molar-refractivity contribution in [1.29, 1.82) is 0 Å². The number of fused-ring (bicyclic) bond motifs is 1. The van der Waals surface area contributed by atoms with E-state index in [2.05, 4.69) is 0 Å². The summed E-state index contributed by atoms with van der Waals surface area (Å²) in [7, 11) is 0. The molecule has 0 radical (unpaired) electrons. The molecule has 4 nitrogen and oxygen atoms in total. The molecule has 1 fully saturated rings. The van der Waals surface area contributed by atoms with E-state index in [1.165, 1.54) is 0 Å². The molecular weight excluding hydrogens is 268 g/mol. The van der Waals surface area contributed by atoms with Gasteiger partial charge in [-0.2, -0.15) is 0 Å². The number of carbonyl (C=O) groups is 1. The van der Waals surface area contributed by atoms with E-state index in [0.717, 1.165) is 12.8 Å². The summed E-state index contributed by atoms with van der Waals surface area (Å²) in [6, 6.07) is 3.45. The summed E-state index contributed by atoms with van der Waals surface area (Å²) in [6.07, 6.45) is 2.88. The van der Waals surface area contributed by atoms with Gasteiger partial charge in [-0.25, -0.2) is 0 Å². The first-order valence-electron chi connectivity index (χ1n) is 6.47. The van der Waals surface area contributed by atoms with Gasteiger partial charge in [0.25, 0.3) is 0 Å². The summed E-state index contributed by atoms with van der Waals surface area (Å²) >= 11 is 6.26. The van der Waals surface area contributed by atoms with Crippen molar-refractivity contribution in [3.63, 3.8) is 0 Å². The number of carboxylic acid groups (broad SMARTS) is 1. The van der Waals surface area contributed by atoms with Gasteiger partial charge in [-0.1, -0.05) is 18.0 Å². The molecule has 1 heterocycles. The van der Waals surface area contributed by atoms with Gasteiger partial charge < -0.3 is 14.6 Å². The topological polar surface area (TPSA) is 55.8 Å². The summed E-state index contributed by atoms with van der Waals surface area (Å²) in [6.45, 7) is 1.10. The van der Waals surface area contributed by atoms with Gasteiger partial charge in [0.05, 0.1) is 18.6 Å². The Hall–Kier alpha value is -1.42. The number of halogens is 1. The Bertz CT molecular complexity index is 522. The SMILES string of the molecule is O=C(O)C1(c2c(Cl)ccc3c2OCCCO3)CCC1. The molecule has 0 saturated heterocycles. The number of aliphatic carboxylic acids is 1. The van der Waals surface area contributed by atoms with Crippen LogP contribution in [0.5, 0.6) is 11.5 Å². The Morgan fingerprint density at radius 2 is 1.95 bits per heavy atom. The molecule has 0 spiro atoms. The quantitative estimate of drug-likeness (QED) is 0.906. The molecule has 3 rings (SSSR count). The van der Waals surface area contributed by atoms with E-state index >= 15 is 0 Å². The highest BCUT2D eigenvalue weighted by Gasteiger charge is 2.49. The fourth-order valence-electron chi connectivity index (χ4n) is 2.76. The zero-order chi connectivity index (χ0) is 13.5. The maximum atomic E-state index is 11.7. The Balaban J connectivity index is 2.17. The molecular formula is C14H15ClO4. The average Bonchev–Trinajstić information content (AvgIpc) is 2.55. The van der Waals surface area contributed by atoms with E-state index in [4.69, 9.17) is 21.1 Å². The number of benzene rings is 1. The van der Waals surface area contributed by atoms with Gasteiger partial charge in [0.1, 0.15) is 0 Å². The molecule has 19 heavy (non-hydrogen) atoms. The molecule has 1 saturated carbocycles. The van der Waals surface area contributed by atoms with Crippen LogP contribution in [0.2, 0.25) is 5.02 Å². The van der Waals surface area contributed by atoms with E-state index in [9.17, 15) is 9.90 Å². The molecule has 1 aromatic carbocycles. The van der Waals surface area contributed by atoms with Gasteiger partial charge in [-0.15, -0.1) is 0 Å². The lowest BCUT2D eigenvalue weighted by atomic mass is 9.64. The highest BCUT2D eigenvalue weighted by atomic mass is 35.5. The van der Waals surface area contributed by atoms with Crippen molar-refractivity contribution in [2.75, 3.05) is 13.2 Å². The van der Waals surface area contributed by atoms with Crippen molar-refractivity contribution in [1.82, 2.24) is 0 Å². The summed E-state index contributed by atoms with van der Waals surface area (Å²) < 4.78 is 11.3. The standard InChI is InChI=1S/C14H15ClO4/c15-9-3-4-10-12(19-8-2-7-18-10)11(9)14(13(16)17)5-1-6-14/h3-4H,1-2,5-8H2,(H,16,17). The third kappa shape index (κ3) is 1.86. The highest BCUT2D eigenvalue weighted by Crippen LogP contribution is 2.52. The van der Waals surface area contributed by atoms with Gasteiger partial charge in [0, 0.05) is 17.0 Å². The predicted molar refractivity (Wildman–Crippen MR) is 70.2 cm³/mol. The maximum Gasteiger partial charge on any atom is 0.314 e. The van der Waals surface area contributed by atoms with Gasteiger partial charge in [-0.3, -0.25) is 4.79 Å². The second-order valence-electron chi connectivity index (χ2n) is 5.04. The number of ether oxygens (including phenoxy) is 2. The first-order chi connectivity index (χ1) is 9.15. The fourth-order valence-corrected chi connectivity index (χ4v) is 3.09. The minimum absolute atomic E-state index is 0.450. The van der Waals surface area contributed by atoms with Crippen molar-refractivity contribution in [2.45, 2.75) is 31.1 Å². The van der Waals surface area contributed by atoms with Crippen molar-refractivity contribution in [3.05, 3.63) is 22.7 Å². The van der Waals surface area contributed by atoms with Crippen LogP contribution in [-0.4, -0.2) is 24.3 Å². The highest BCUT2D eigenvalue weighted by molar-refractivity contribution is 6.32. The van der Waals surface area contributed by atoms with Crippen LogP contribution in [-0.2, 0) is 10.2 Å². The summed E-state index contributed by atoms with van der Waals surface area (Å²) in [5, 5.41) is 10.0. The van der Waals surface area contributed by atoms with Gasteiger partial charge in [-0.05, 0) is 25.0 Å². The van der Waals surface area contributed by atoms with E-state index in [-0.39, 0.29) is 0 Å². The Labute approximate surface area is 116 Å². The minimum atomic E-state index is -0.907. The third-order valence-corrected chi connectivity index (χ3v) is 4.27. The van der Waals surface area contributed by atoms with Crippen LogP contribution in [0.25, 0.3) is 0 Å². The molecule has 1 aliphatic carbocycles. The molecule has 0 atom stereocenters. The first kappa shape index (κ1) is 12.6. The monoisotopic (exact) mass is 282 g/mol. The minimum Gasteiger partial charge on any atom is -0.490 e. The zero-order valence-electron chi connectivity index (χ0n) is 10.4. The Morgan fingerprint density at radius 3 is 2.58 bits per heavy atom. The normalized spacial score (nSPS) is 20.3. The van der Waals surface area contributed by atoms with E-state index in [1.54, 1.807) is 12.1 Å². The van der Waals surface area contributed by atoms with Crippen LogP contribution in [0.4, 0.5) is 0 Å².